The van der Waals surface area contributed by atoms with Crippen LogP contribution in [-0.4, -0.2) is 23.1 Å². The number of carbonyl (C=O) groups is 1. The number of Topliss-reactive ketones (excluding diaryl/α,β-unsaturated/α-hetero) is 1. The van der Waals surface area contributed by atoms with Crippen LogP contribution in [-0.2, 0) is 0 Å². The summed E-state index contributed by atoms with van der Waals surface area (Å²) in [6, 6.07) is 7.93. The van der Waals surface area contributed by atoms with Gasteiger partial charge in [-0.05, 0) is 30.7 Å². The normalized spacial score (nSPS) is 16.2. The highest BCUT2D eigenvalue weighted by Gasteiger charge is 2.33. The molecule has 0 aromatic heterocycles. The van der Waals surface area contributed by atoms with Gasteiger partial charge in [-0.1, -0.05) is 30.4 Å². The van der Waals surface area contributed by atoms with Gasteiger partial charge in [-0.15, -0.1) is 0 Å². The molecule has 0 aliphatic carbocycles. The fourth-order valence-corrected chi connectivity index (χ4v) is 2.90. The van der Waals surface area contributed by atoms with Crippen molar-refractivity contribution >= 4 is 11.9 Å². The van der Waals surface area contributed by atoms with Gasteiger partial charge in [-0.3, -0.25) is 4.79 Å². The second-order valence-corrected chi connectivity index (χ2v) is 6.22. The van der Waals surface area contributed by atoms with Gasteiger partial charge in [0.2, 0.25) is 0 Å². The average Bonchev–Trinajstić information content (AvgIpc) is 2.60. The second-order valence-electron chi connectivity index (χ2n) is 6.22. The molecule has 1 heterocycles. The third kappa shape index (κ3) is 3.28. The van der Waals surface area contributed by atoms with E-state index in [2.05, 4.69) is 6.58 Å². The number of phenolic OH excluding ortho intramolecular Hbond substituents is 2. The van der Waals surface area contributed by atoms with Crippen molar-refractivity contribution < 1.29 is 24.5 Å². The average molecular weight is 352 g/mol. The van der Waals surface area contributed by atoms with Crippen LogP contribution in [0.1, 0.15) is 40.9 Å². The highest BCUT2D eigenvalue weighted by atomic mass is 16.5. The summed E-state index contributed by atoms with van der Waals surface area (Å²) >= 11 is 0. The van der Waals surface area contributed by atoms with E-state index in [-0.39, 0.29) is 35.2 Å². The van der Waals surface area contributed by atoms with E-state index in [0.717, 1.165) is 11.1 Å². The van der Waals surface area contributed by atoms with E-state index in [9.17, 15) is 15.0 Å². The van der Waals surface area contributed by atoms with E-state index in [4.69, 9.17) is 9.47 Å². The molecule has 0 amide bonds. The number of fused-ring (bicyclic) bond motifs is 1. The molecule has 0 saturated carbocycles. The minimum absolute atomic E-state index is 0.0442. The first-order valence-electron chi connectivity index (χ1n) is 8.17. The lowest BCUT2D eigenvalue weighted by Gasteiger charge is -2.28. The molecule has 0 spiro atoms. The first-order valence-corrected chi connectivity index (χ1v) is 8.17. The molecule has 0 saturated heterocycles. The van der Waals surface area contributed by atoms with Gasteiger partial charge < -0.3 is 19.7 Å². The topological polar surface area (TPSA) is 76.0 Å². The molecule has 0 bridgehead atoms. The molecule has 1 aliphatic rings. The van der Waals surface area contributed by atoms with Gasteiger partial charge in [0.1, 0.15) is 34.7 Å². The van der Waals surface area contributed by atoms with E-state index in [1.54, 1.807) is 36.4 Å². The van der Waals surface area contributed by atoms with Gasteiger partial charge in [0.05, 0.1) is 19.1 Å². The van der Waals surface area contributed by atoms with Gasteiger partial charge >= 0.3 is 0 Å². The molecule has 1 atom stereocenters. The van der Waals surface area contributed by atoms with Crippen LogP contribution in [0.3, 0.4) is 0 Å². The van der Waals surface area contributed by atoms with E-state index in [1.165, 1.54) is 13.2 Å². The molecule has 5 heteroatoms. The SMILES string of the molecule is C=C(C)C=Cc1c(O)cc(OC)c2c1OC(c1ccc(O)cc1)CC2=O. The predicted octanol–water partition coefficient (Wildman–Crippen LogP) is 4.40. The third-order valence-corrected chi connectivity index (χ3v) is 4.19. The van der Waals surface area contributed by atoms with Crippen molar-refractivity contribution in [3.63, 3.8) is 0 Å². The number of carbonyl (C=O) groups excluding carboxylic acids is 1. The van der Waals surface area contributed by atoms with Crippen molar-refractivity contribution in [2.75, 3.05) is 7.11 Å². The number of aromatic hydroxyl groups is 2. The Bertz CT molecular complexity index is 894. The molecular formula is C21H20O5. The molecule has 2 aromatic rings. The first-order chi connectivity index (χ1) is 12.4. The van der Waals surface area contributed by atoms with Crippen molar-refractivity contribution in [2.45, 2.75) is 19.4 Å². The fraction of sp³-hybridized carbons (Fsp3) is 0.190. The Hall–Kier alpha value is -3.21. The van der Waals surface area contributed by atoms with E-state index in [1.807, 2.05) is 6.92 Å². The van der Waals surface area contributed by atoms with Crippen molar-refractivity contribution in [2.24, 2.45) is 0 Å². The lowest BCUT2D eigenvalue weighted by molar-refractivity contribution is 0.0843. The second kappa shape index (κ2) is 6.96. The van der Waals surface area contributed by atoms with E-state index >= 15 is 0 Å². The maximum atomic E-state index is 12.8. The van der Waals surface area contributed by atoms with Crippen LogP contribution in [0.2, 0.25) is 0 Å². The molecule has 26 heavy (non-hydrogen) atoms. The van der Waals surface area contributed by atoms with Crippen LogP contribution in [0.4, 0.5) is 0 Å². The molecule has 134 valence electrons. The van der Waals surface area contributed by atoms with Gasteiger partial charge in [0, 0.05) is 6.07 Å². The van der Waals surface area contributed by atoms with Gasteiger partial charge in [0.25, 0.3) is 0 Å². The molecule has 3 rings (SSSR count). The Morgan fingerprint density at radius 2 is 2.00 bits per heavy atom. The zero-order valence-corrected chi connectivity index (χ0v) is 14.7. The Morgan fingerprint density at radius 1 is 1.31 bits per heavy atom. The summed E-state index contributed by atoms with van der Waals surface area (Å²) in [5.41, 5.74) is 2.28. The van der Waals surface area contributed by atoms with E-state index < -0.39 is 6.10 Å². The maximum Gasteiger partial charge on any atom is 0.174 e. The van der Waals surface area contributed by atoms with Crippen LogP contribution in [0.5, 0.6) is 23.0 Å². The highest BCUT2D eigenvalue weighted by Crippen LogP contribution is 2.46. The molecular weight excluding hydrogens is 332 g/mol. The third-order valence-electron chi connectivity index (χ3n) is 4.19. The zero-order chi connectivity index (χ0) is 18.8. The monoisotopic (exact) mass is 352 g/mol. The van der Waals surface area contributed by atoms with Crippen LogP contribution in [0.25, 0.3) is 6.08 Å². The van der Waals surface area contributed by atoms with Crippen LogP contribution in [0, 0.1) is 0 Å². The number of ether oxygens (including phenoxy) is 2. The number of hydrogen-bond donors (Lipinski definition) is 2. The molecule has 5 nitrogen and oxygen atoms in total. The van der Waals surface area contributed by atoms with Gasteiger partial charge in [-0.25, -0.2) is 0 Å². The number of methoxy groups -OCH3 is 1. The van der Waals surface area contributed by atoms with Gasteiger partial charge in [-0.2, -0.15) is 0 Å². The molecule has 1 unspecified atom stereocenters. The number of ketones is 1. The number of rotatable bonds is 4. The minimum atomic E-state index is -0.515. The quantitative estimate of drug-likeness (QED) is 0.798. The molecule has 2 aromatic carbocycles. The Balaban J connectivity index is 2.12. The maximum absolute atomic E-state index is 12.8. The largest absolute Gasteiger partial charge is 0.508 e. The fourth-order valence-electron chi connectivity index (χ4n) is 2.90. The Morgan fingerprint density at radius 3 is 2.62 bits per heavy atom. The van der Waals surface area contributed by atoms with Crippen molar-refractivity contribution in [3.05, 3.63) is 65.3 Å². The van der Waals surface area contributed by atoms with Crippen molar-refractivity contribution in [1.29, 1.82) is 0 Å². The molecule has 1 aliphatic heterocycles. The summed E-state index contributed by atoms with van der Waals surface area (Å²) in [5.74, 6) is 0.525. The molecule has 0 fully saturated rings. The lowest BCUT2D eigenvalue weighted by atomic mass is 9.93. The molecule has 0 radical (unpaired) electrons. The Labute approximate surface area is 151 Å². The smallest absolute Gasteiger partial charge is 0.174 e. The summed E-state index contributed by atoms with van der Waals surface area (Å²) in [5, 5.41) is 19.8. The van der Waals surface area contributed by atoms with Crippen LogP contribution in [0.15, 0.2) is 48.6 Å². The van der Waals surface area contributed by atoms with E-state index in [0.29, 0.717) is 11.1 Å². The highest BCUT2D eigenvalue weighted by molar-refractivity contribution is 6.04. The summed E-state index contributed by atoms with van der Waals surface area (Å²) in [7, 11) is 1.44. The summed E-state index contributed by atoms with van der Waals surface area (Å²) in [6.45, 7) is 5.63. The number of phenols is 2. The zero-order valence-electron chi connectivity index (χ0n) is 14.7. The van der Waals surface area contributed by atoms with Gasteiger partial charge in [0.15, 0.2) is 5.78 Å². The van der Waals surface area contributed by atoms with Crippen LogP contribution >= 0.6 is 0 Å². The Kier molecular flexibility index (Phi) is 4.71. The standard InChI is InChI=1S/C21H20O5/c1-12(2)4-9-15-16(23)10-19(25-3)20-17(24)11-18(26-21(15)20)13-5-7-14(22)8-6-13/h4-10,18,22-23H,1,11H2,2-3H3. The number of benzene rings is 2. The summed E-state index contributed by atoms with van der Waals surface area (Å²) in [6.07, 6.45) is 3.03. The van der Waals surface area contributed by atoms with Crippen LogP contribution < -0.4 is 9.47 Å². The summed E-state index contributed by atoms with van der Waals surface area (Å²) in [4.78, 5) is 12.8. The van der Waals surface area contributed by atoms with Crippen molar-refractivity contribution in [1.82, 2.24) is 0 Å². The van der Waals surface area contributed by atoms with Crippen molar-refractivity contribution in [3.8, 4) is 23.0 Å². The minimum Gasteiger partial charge on any atom is -0.508 e. The number of allylic oxidation sites excluding steroid dienone is 2. The number of hydrogen-bond acceptors (Lipinski definition) is 5. The molecule has 2 N–H and O–H groups in total. The lowest BCUT2D eigenvalue weighted by Crippen LogP contribution is -2.22. The first kappa shape index (κ1) is 17.6. The predicted molar refractivity (Wildman–Crippen MR) is 98.9 cm³/mol. The summed E-state index contributed by atoms with van der Waals surface area (Å²) < 4.78 is 11.4.